The molecular formula is C15H17N7OS. The minimum Gasteiger partial charge on any atom is -0.346 e. The molecule has 1 N–H and O–H groups in total. The Labute approximate surface area is 142 Å². The van der Waals surface area contributed by atoms with Crippen LogP contribution >= 0.6 is 11.3 Å². The fourth-order valence-corrected chi connectivity index (χ4v) is 3.66. The van der Waals surface area contributed by atoms with Crippen LogP contribution in [0.25, 0.3) is 10.6 Å². The summed E-state index contributed by atoms with van der Waals surface area (Å²) in [6, 6.07) is 0.0724. The topological polar surface area (TPSA) is 90.5 Å². The van der Waals surface area contributed by atoms with E-state index in [0.717, 1.165) is 35.1 Å². The summed E-state index contributed by atoms with van der Waals surface area (Å²) in [6.07, 6.45) is 5.32. The quantitative estimate of drug-likeness (QED) is 0.771. The van der Waals surface area contributed by atoms with E-state index in [-0.39, 0.29) is 11.9 Å². The third kappa shape index (κ3) is 2.71. The Morgan fingerprint density at radius 2 is 2.29 bits per heavy atom. The number of aromatic nitrogens is 6. The second-order valence-electron chi connectivity index (χ2n) is 5.92. The molecule has 4 rings (SSSR count). The van der Waals surface area contributed by atoms with Gasteiger partial charge in [0.25, 0.3) is 5.91 Å². The standard InChI is InChI=1S/C15H17N7OS/c1-9-19-20-13-4-3-11(7-22(9)13)17-14(23)12-8-24-15(18-12)10-5-16-21(2)6-10/h5-6,8,11H,3-4,7H2,1-2H3,(H,17,23)/t11-/m0/s1. The summed E-state index contributed by atoms with van der Waals surface area (Å²) in [7, 11) is 1.86. The van der Waals surface area contributed by atoms with Gasteiger partial charge in [-0.05, 0) is 13.3 Å². The van der Waals surface area contributed by atoms with Gasteiger partial charge in [0.2, 0.25) is 0 Å². The summed E-state index contributed by atoms with van der Waals surface area (Å²) in [5.41, 5.74) is 1.37. The molecule has 0 aliphatic carbocycles. The smallest absolute Gasteiger partial charge is 0.271 e. The molecule has 1 atom stereocenters. The highest BCUT2D eigenvalue weighted by molar-refractivity contribution is 7.13. The first-order chi connectivity index (χ1) is 11.6. The molecular weight excluding hydrogens is 326 g/mol. The number of amides is 1. The van der Waals surface area contributed by atoms with E-state index in [1.54, 1.807) is 16.3 Å². The van der Waals surface area contributed by atoms with E-state index in [0.29, 0.717) is 12.2 Å². The lowest BCUT2D eigenvalue weighted by Crippen LogP contribution is -2.41. The van der Waals surface area contributed by atoms with Crippen LogP contribution in [0, 0.1) is 6.92 Å². The van der Waals surface area contributed by atoms with E-state index in [9.17, 15) is 4.79 Å². The molecule has 0 bridgehead atoms. The lowest BCUT2D eigenvalue weighted by atomic mass is 10.1. The molecule has 0 spiro atoms. The highest BCUT2D eigenvalue weighted by atomic mass is 32.1. The molecule has 3 aromatic rings. The number of carbonyl (C=O) groups excluding carboxylic acids is 1. The van der Waals surface area contributed by atoms with Crippen molar-refractivity contribution >= 4 is 17.2 Å². The summed E-state index contributed by atoms with van der Waals surface area (Å²) in [6.45, 7) is 2.64. The maximum absolute atomic E-state index is 12.5. The Bertz CT molecular complexity index is 893. The van der Waals surface area contributed by atoms with Crippen molar-refractivity contribution in [3.05, 3.63) is 35.1 Å². The summed E-state index contributed by atoms with van der Waals surface area (Å²) in [4.78, 5) is 16.9. The molecule has 1 amide bonds. The van der Waals surface area contributed by atoms with Gasteiger partial charge in [-0.25, -0.2) is 4.98 Å². The summed E-state index contributed by atoms with van der Waals surface area (Å²) in [5.74, 6) is 1.74. The molecule has 0 unspecified atom stereocenters. The summed E-state index contributed by atoms with van der Waals surface area (Å²) in [5, 5.41) is 18.0. The average molecular weight is 343 g/mol. The largest absolute Gasteiger partial charge is 0.346 e. The number of aryl methyl sites for hydroxylation is 3. The van der Waals surface area contributed by atoms with E-state index in [1.165, 1.54) is 11.3 Å². The molecule has 0 saturated carbocycles. The van der Waals surface area contributed by atoms with Crippen molar-refractivity contribution < 1.29 is 4.79 Å². The van der Waals surface area contributed by atoms with E-state index in [1.807, 2.05) is 20.2 Å². The van der Waals surface area contributed by atoms with Gasteiger partial charge in [0.1, 0.15) is 22.4 Å². The molecule has 124 valence electrons. The van der Waals surface area contributed by atoms with Gasteiger partial charge in [-0.15, -0.1) is 21.5 Å². The monoisotopic (exact) mass is 343 g/mol. The van der Waals surface area contributed by atoms with Crippen molar-refractivity contribution in [2.45, 2.75) is 32.4 Å². The molecule has 3 aromatic heterocycles. The normalized spacial score (nSPS) is 16.8. The predicted octanol–water partition coefficient (Wildman–Crippen LogP) is 1.19. The number of nitrogens with zero attached hydrogens (tertiary/aromatic N) is 6. The van der Waals surface area contributed by atoms with Crippen LogP contribution in [0.5, 0.6) is 0 Å². The van der Waals surface area contributed by atoms with Crippen LogP contribution in [0.4, 0.5) is 0 Å². The molecule has 0 saturated heterocycles. The van der Waals surface area contributed by atoms with Crippen molar-refractivity contribution in [2.75, 3.05) is 0 Å². The number of carbonyl (C=O) groups is 1. The van der Waals surface area contributed by atoms with Crippen LogP contribution in [-0.2, 0) is 20.0 Å². The molecule has 1 aliphatic heterocycles. The maximum atomic E-state index is 12.5. The first-order valence-corrected chi connectivity index (χ1v) is 8.62. The Morgan fingerprint density at radius 3 is 3.08 bits per heavy atom. The molecule has 9 heteroatoms. The zero-order chi connectivity index (χ0) is 16.7. The Morgan fingerprint density at radius 1 is 1.42 bits per heavy atom. The van der Waals surface area contributed by atoms with Gasteiger partial charge in [0.15, 0.2) is 0 Å². The van der Waals surface area contributed by atoms with Crippen LogP contribution in [-0.4, -0.2) is 41.5 Å². The third-order valence-corrected chi connectivity index (χ3v) is 5.05. The number of fused-ring (bicyclic) bond motifs is 1. The van der Waals surface area contributed by atoms with Gasteiger partial charge in [0, 0.05) is 43.2 Å². The van der Waals surface area contributed by atoms with E-state index in [4.69, 9.17) is 0 Å². The van der Waals surface area contributed by atoms with E-state index < -0.39 is 0 Å². The van der Waals surface area contributed by atoms with Crippen molar-refractivity contribution in [1.82, 2.24) is 34.8 Å². The highest BCUT2D eigenvalue weighted by Crippen LogP contribution is 2.23. The van der Waals surface area contributed by atoms with Crippen LogP contribution in [0.1, 0.15) is 28.6 Å². The molecule has 8 nitrogen and oxygen atoms in total. The molecule has 0 radical (unpaired) electrons. The minimum absolute atomic E-state index is 0.0724. The number of hydrogen-bond acceptors (Lipinski definition) is 6. The Hall–Kier alpha value is -2.55. The molecule has 0 aromatic carbocycles. The van der Waals surface area contributed by atoms with Crippen molar-refractivity contribution in [3.8, 4) is 10.6 Å². The average Bonchev–Trinajstić information content (AvgIpc) is 3.28. The van der Waals surface area contributed by atoms with E-state index in [2.05, 4.69) is 30.2 Å². The summed E-state index contributed by atoms with van der Waals surface area (Å²) < 4.78 is 3.79. The lowest BCUT2D eigenvalue weighted by molar-refractivity contribution is 0.0923. The molecule has 1 aliphatic rings. The van der Waals surface area contributed by atoms with Gasteiger partial charge < -0.3 is 9.88 Å². The summed E-state index contributed by atoms with van der Waals surface area (Å²) >= 11 is 1.45. The Kier molecular flexibility index (Phi) is 3.64. The molecule has 4 heterocycles. The van der Waals surface area contributed by atoms with Gasteiger partial charge in [-0.3, -0.25) is 9.48 Å². The van der Waals surface area contributed by atoms with Crippen molar-refractivity contribution in [1.29, 1.82) is 0 Å². The zero-order valence-corrected chi connectivity index (χ0v) is 14.2. The second-order valence-corrected chi connectivity index (χ2v) is 6.78. The SMILES string of the molecule is Cc1nnc2n1C[C@@H](NC(=O)c1csc(-c3cnn(C)c3)n1)CC2. The molecule has 0 fully saturated rings. The van der Waals surface area contributed by atoms with Gasteiger partial charge in [-0.2, -0.15) is 5.10 Å². The molecule has 24 heavy (non-hydrogen) atoms. The second kappa shape index (κ2) is 5.82. The zero-order valence-electron chi connectivity index (χ0n) is 13.4. The van der Waals surface area contributed by atoms with Crippen LogP contribution in [0.3, 0.4) is 0 Å². The highest BCUT2D eigenvalue weighted by Gasteiger charge is 2.24. The van der Waals surface area contributed by atoms with Gasteiger partial charge in [0.05, 0.1) is 6.20 Å². The first kappa shape index (κ1) is 15.0. The third-order valence-electron chi connectivity index (χ3n) is 4.16. The number of nitrogens with one attached hydrogen (secondary N) is 1. The predicted molar refractivity (Wildman–Crippen MR) is 88.7 cm³/mol. The van der Waals surface area contributed by atoms with Crippen LogP contribution in [0.15, 0.2) is 17.8 Å². The maximum Gasteiger partial charge on any atom is 0.271 e. The minimum atomic E-state index is -0.138. The first-order valence-electron chi connectivity index (χ1n) is 7.74. The van der Waals surface area contributed by atoms with E-state index >= 15 is 0 Å². The fraction of sp³-hybridized carbons (Fsp3) is 0.400. The number of rotatable bonds is 3. The van der Waals surface area contributed by atoms with Crippen molar-refractivity contribution in [2.24, 2.45) is 7.05 Å². The van der Waals surface area contributed by atoms with Gasteiger partial charge in [-0.1, -0.05) is 0 Å². The van der Waals surface area contributed by atoms with Crippen LogP contribution in [0.2, 0.25) is 0 Å². The van der Waals surface area contributed by atoms with Crippen molar-refractivity contribution in [3.63, 3.8) is 0 Å². The Balaban J connectivity index is 1.45. The van der Waals surface area contributed by atoms with Crippen LogP contribution < -0.4 is 5.32 Å². The fourth-order valence-electron chi connectivity index (χ4n) is 2.88. The number of hydrogen-bond donors (Lipinski definition) is 1. The lowest BCUT2D eigenvalue weighted by Gasteiger charge is -2.24. The van der Waals surface area contributed by atoms with Gasteiger partial charge >= 0.3 is 0 Å². The number of thiazole rings is 1.